The number of carbonyl (C=O) groups excluding carboxylic acids is 1. The van der Waals surface area contributed by atoms with Gasteiger partial charge in [0.1, 0.15) is 5.76 Å². The van der Waals surface area contributed by atoms with E-state index < -0.39 is 6.29 Å². The topological polar surface area (TPSA) is 76.8 Å². The molecule has 1 aromatic heterocycles. The third-order valence-electron chi connectivity index (χ3n) is 5.20. The van der Waals surface area contributed by atoms with Crippen LogP contribution in [-0.4, -0.2) is 55.9 Å². The van der Waals surface area contributed by atoms with Crippen molar-refractivity contribution in [2.24, 2.45) is 5.92 Å². The zero-order chi connectivity index (χ0) is 20.8. The number of aromatic nitrogens is 1. The number of benzene rings is 1. The molecule has 1 saturated heterocycles. The third-order valence-corrected chi connectivity index (χ3v) is 5.45. The van der Waals surface area contributed by atoms with Gasteiger partial charge in [-0.25, -0.2) is 4.98 Å². The van der Waals surface area contributed by atoms with Crippen molar-refractivity contribution in [3.63, 3.8) is 0 Å². The lowest BCUT2D eigenvalue weighted by Crippen LogP contribution is -2.44. The van der Waals surface area contributed by atoms with Gasteiger partial charge >= 0.3 is 0 Å². The highest BCUT2D eigenvalue weighted by atomic mass is 35.5. The number of hydrogen-bond acceptors (Lipinski definition) is 6. The quantitative estimate of drug-likeness (QED) is 0.659. The number of piperidine rings is 1. The SMILES string of the molecule is COC(CNC(=O)C1CCCN(Cc2nc(-c3ccc(Cl)cc3)oc2C)C1)OC. The zero-order valence-corrected chi connectivity index (χ0v) is 17.9. The molecule has 1 amide bonds. The molecule has 2 aromatic rings. The van der Waals surface area contributed by atoms with Crippen LogP contribution in [-0.2, 0) is 20.8 Å². The summed E-state index contributed by atoms with van der Waals surface area (Å²) in [5.74, 6) is 1.36. The molecule has 1 N–H and O–H groups in total. The van der Waals surface area contributed by atoms with Crippen LogP contribution >= 0.6 is 11.6 Å². The Kier molecular flexibility index (Phi) is 7.66. The Morgan fingerprint density at radius 1 is 1.34 bits per heavy atom. The van der Waals surface area contributed by atoms with E-state index in [9.17, 15) is 4.79 Å². The first kappa shape index (κ1) is 21.8. The molecule has 158 valence electrons. The van der Waals surface area contributed by atoms with Crippen molar-refractivity contribution in [2.45, 2.75) is 32.6 Å². The molecule has 1 aliphatic heterocycles. The fourth-order valence-electron chi connectivity index (χ4n) is 3.51. The number of nitrogens with one attached hydrogen (secondary N) is 1. The van der Waals surface area contributed by atoms with Crippen LogP contribution in [0, 0.1) is 12.8 Å². The fraction of sp³-hybridized carbons (Fsp3) is 0.524. The number of methoxy groups -OCH3 is 2. The predicted molar refractivity (Wildman–Crippen MR) is 111 cm³/mol. The van der Waals surface area contributed by atoms with E-state index in [-0.39, 0.29) is 11.8 Å². The maximum atomic E-state index is 12.5. The van der Waals surface area contributed by atoms with Gasteiger partial charge in [0, 0.05) is 37.9 Å². The summed E-state index contributed by atoms with van der Waals surface area (Å²) in [6.45, 7) is 4.55. The van der Waals surface area contributed by atoms with Gasteiger partial charge in [0.25, 0.3) is 0 Å². The summed E-state index contributed by atoms with van der Waals surface area (Å²) in [5, 5.41) is 3.60. The van der Waals surface area contributed by atoms with Crippen LogP contribution in [0.2, 0.25) is 5.02 Å². The normalized spacial score (nSPS) is 17.6. The number of halogens is 1. The van der Waals surface area contributed by atoms with Crippen LogP contribution < -0.4 is 5.32 Å². The number of carbonyl (C=O) groups is 1. The van der Waals surface area contributed by atoms with Crippen molar-refractivity contribution in [1.82, 2.24) is 15.2 Å². The van der Waals surface area contributed by atoms with E-state index in [1.165, 1.54) is 0 Å². The molecule has 1 aromatic carbocycles. The van der Waals surface area contributed by atoms with Crippen molar-refractivity contribution < 1.29 is 18.7 Å². The van der Waals surface area contributed by atoms with Crippen LogP contribution in [0.4, 0.5) is 0 Å². The van der Waals surface area contributed by atoms with E-state index in [2.05, 4.69) is 15.2 Å². The first-order valence-electron chi connectivity index (χ1n) is 9.78. The van der Waals surface area contributed by atoms with E-state index >= 15 is 0 Å². The molecule has 3 rings (SSSR count). The van der Waals surface area contributed by atoms with Gasteiger partial charge in [-0.15, -0.1) is 0 Å². The summed E-state index contributed by atoms with van der Waals surface area (Å²) in [6, 6.07) is 7.43. The Labute approximate surface area is 176 Å². The molecule has 0 bridgehead atoms. The lowest BCUT2D eigenvalue weighted by Gasteiger charge is -2.31. The maximum Gasteiger partial charge on any atom is 0.226 e. The Morgan fingerprint density at radius 3 is 2.76 bits per heavy atom. The third kappa shape index (κ3) is 5.79. The molecule has 0 saturated carbocycles. The number of ether oxygens (including phenoxy) is 2. The van der Waals surface area contributed by atoms with Gasteiger partial charge in [-0.3, -0.25) is 9.69 Å². The summed E-state index contributed by atoms with van der Waals surface area (Å²) < 4.78 is 16.1. The molecule has 2 heterocycles. The minimum atomic E-state index is -0.428. The van der Waals surface area contributed by atoms with Gasteiger partial charge < -0.3 is 19.2 Å². The average molecular weight is 422 g/mol. The standard InChI is InChI=1S/C21H28ClN3O4/c1-14-18(24-21(29-14)15-6-8-17(22)9-7-15)13-25-10-4-5-16(12-25)20(26)23-11-19(27-2)28-3/h6-9,16,19H,4-5,10-13H2,1-3H3,(H,23,26). The fourth-order valence-corrected chi connectivity index (χ4v) is 3.63. The summed E-state index contributed by atoms with van der Waals surface area (Å²) in [4.78, 5) is 19.5. The van der Waals surface area contributed by atoms with E-state index in [1.54, 1.807) is 14.2 Å². The summed E-state index contributed by atoms with van der Waals surface area (Å²) in [7, 11) is 3.11. The Hall–Kier alpha value is -1.93. The van der Waals surface area contributed by atoms with Crippen molar-refractivity contribution >= 4 is 17.5 Å². The van der Waals surface area contributed by atoms with Crippen molar-refractivity contribution in [3.8, 4) is 11.5 Å². The van der Waals surface area contributed by atoms with E-state index in [0.29, 0.717) is 30.5 Å². The lowest BCUT2D eigenvalue weighted by molar-refractivity contribution is -0.132. The molecular weight excluding hydrogens is 394 g/mol. The zero-order valence-electron chi connectivity index (χ0n) is 17.1. The molecule has 0 spiro atoms. The number of hydrogen-bond donors (Lipinski definition) is 1. The van der Waals surface area contributed by atoms with Gasteiger partial charge in [0.05, 0.1) is 18.2 Å². The van der Waals surface area contributed by atoms with Crippen molar-refractivity contribution in [1.29, 1.82) is 0 Å². The molecule has 1 fully saturated rings. The molecule has 0 radical (unpaired) electrons. The van der Waals surface area contributed by atoms with Crippen molar-refractivity contribution in [3.05, 3.63) is 40.7 Å². The second-order valence-electron chi connectivity index (χ2n) is 7.25. The first-order valence-corrected chi connectivity index (χ1v) is 10.2. The van der Waals surface area contributed by atoms with Crippen LogP contribution in [0.3, 0.4) is 0 Å². The molecule has 1 unspecified atom stereocenters. The average Bonchev–Trinajstić information content (AvgIpc) is 3.09. The van der Waals surface area contributed by atoms with Crippen LogP contribution in [0.25, 0.3) is 11.5 Å². The van der Waals surface area contributed by atoms with Gasteiger partial charge in [-0.05, 0) is 50.6 Å². The van der Waals surface area contributed by atoms with Crippen LogP contribution in [0.1, 0.15) is 24.3 Å². The number of rotatable bonds is 8. The molecule has 8 heteroatoms. The predicted octanol–water partition coefficient (Wildman–Crippen LogP) is 3.25. The molecule has 1 atom stereocenters. The molecular formula is C21H28ClN3O4. The number of likely N-dealkylation sites (tertiary alicyclic amines) is 1. The smallest absolute Gasteiger partial charge is 0.226 e. The minimum Gasteiger partial charge on any atom is -0.441 e. The van der Waals surface area contributed by atoms with Crippen LogP contribution in [0.15, 0.2) is 28.7 Å². The molecule has 29 heavy (non-hydrogen) atoms. The number of amides is 1. The second kappa shape index (κ2) is 10.2. The Balaban J connectivity index is 1.59. The van der Waals surface area contributed by atoms with E-state index in [4.69, 9.17) is 25.5 Å². The second-order valence-corrected chi connectivity index (χ2v) is 7.69. The molecule has 7 nitrogen and oxygen atoms in total. The Morgan fingerprint density at radius 2 is 2.07 bits per heavy atom. The highest BCUT2D eigenvalue weighted by Crippen LogP contribution is 2.25. The molecule has 1 aliphatic rings. The van der Waals surface area contributed by atoms with Crippen molar-refractivity contribution in [2.75, 3.05) is 33.9 Å². The highest BCUT2D eigenvalue weighted by Gasteiger charge is 2.27. The van der Waals surface area contributed by atoms with E-state index in [1.807, 2.05) is 31.2 Å². The minimum absolute atomic E-state index is 0.0347. The largest absolute Gasteiger partial charge is 0.441 e. The monoisotopic (exact) mass is 421 g/mol. The summed E-state index contributed by atoms with van der Waals surface area (Å²) >= 11 is 5.96. The lowest BCUT2D eigenvalue weighted by atomic mass is 9.97. The van der Waals surface area contributed by atoms with E-state index in [0.717, 1.165) is 36.4 Å². The number of oxazole rings is 1. The Bertz CT molecular complexity index is 805. The van der Waals surface area contributed by atoms with Gasteiger partial charge in [-0.1, -0.05) is 11.6 Å². The highest BCUT2D eigenvalue weighted by molar-refractivity contribution is 6.30. The summed E-state index contributed by atoms with van der Waals surface area (Å²) in [5.41, 5.74) is 1.79. The van der Waals surface area contributed by atoms with Gasteiger partial charge in [0.2, 0.25) is 11.8 Å². The molecule has 0 aliphatic carbocycles. The maximum absolute atomic E-state index is 12.5. The summed E-state index contributed by atoms with van der Waals surface area (Å²) in [6.07, 6.45) is 1.42. The number of nitrogens with zero attached hydrogens (tertiary/aromatic N) is 2. The van der Waals surface area contributed by atoms with Gasteiger partial charge in [-0.2, -0.15) is 0 Å². The first-order chi connectivity index (χ1) is 14.0. The van der Waals surface area contributed by atoms with Gasteiger partial charge in [0.15, 0.2) is 6.29 Å². The van der Waals surface area contributed by atoms with Crippen LogP contribution in [0.5, 0.6) is 0 Å². The number of aryl methyl sites for hydroxylation is 1.